The van der Waals surface area contributed by atoms with Gasteiger partial charge < -0.3 is 20.3 Å². The largest absolute Gasteiger partial charge is 0.469 e. The average Bonchev–Trinajstić information content (AvgIpc) is 2.43. The summed E-state index contributed by atoms with van der Waals surface area (Å²) < 4.78 is 4.64. The lowest BCUT2D eigenvalue weighted by Gasteiger charge is -2.24. The molecule has 0 bridgehead atoms. The topological polar surface area (TPSA) is 78.8 Å². The van der Waals surface area contributed by atoms with Gasteiger partial charge in [-0.3, -0.25) is 4.79 Å². The van der Waals surface area contributed by atoms with Crippen LogP contribution in [-0.2, 0) is 9.53 Å². The Balaban J connectivity index is 2.78. The highest BCUT2D eigenvalue weighted by atomic mass is 16.5. The van der Waals surface area contributed by atoms with Crippen molar-refractivity contribution in [2.24, 2.45) is 0 Å². The first-order chi connectivity index (χ1) is 9.43. The number of hydrogen-bond acceptors (Lipinski definition) is 5. The molecule has 0 fully saturated rings. The minimum absolute atomic E-state index is 0.0399. The maximum absolute atomic E-state index is 11.4. The Bertz CT molecular complexity index is 416. The average molecular weight is 281 g/mol. The van der Waals surface area contributed by atoms with Gasteiger partial charge in [0.2, 0.25) is 0 Å². The number of ether oxygens (including phenoxy) is 1. The number of nitrogens with one attached hydrogen (secondary N) is 1. The number of methoxy groups -OCH3 is 1. The fraction of sp³-hybridized carbons (Fsp3) is 0.533. The van der Waals surface area contributed by atoms with Crippen molar-refractivity contribution in [2.45, 2.75) is 38.5 Å². The quantitative estimate of drug-likeness (QED) is 0.648. The molecule has 0 saturated heterocycles. The molecule has 3 atom stereocenters. The summed E-state index contributed by atoms with van der Waals surface area (Å²) in [6.45, 7) is 3.90. The Morgan fingerprint density at radius 1 is 1.30 bits per heavy atom. The van der Waals surface area contributed by atoms with Crippen molar-refractivity contribution in [3.8, 4) is 0 Å². The third-order valence-corrected chi connectivity index (χ3v) is 3.09. The summed E-state index contributed by atoms with van der Waals surface area (Å²) in [5.41, 5.74) is 1.82. The number of benzene rings is 1. The van der Waals surface area contributed by atoms with E-state index in [-0.39, 0.29) is 6.42 Å². The molecule has 1 aromatic rings. The van der Waals surface area contributed by atoms with Crippen LogP contribution in [0, 0.1) is 6.92 Å². The molecule has 0 amide bonds. The van der Waals surface area contributed by atoms with E-state index >= 15 is 0 Å². The lowest BCUT2D eigenvalue weighted by Crippen LogP contribution is -2.40. The number of aliphatic hydroxyl groups excluding tert-OH is 2. The molecule has 20 heavy (non-hydrogen) atoms. The third-order valence-electron chi connectivity index (χ3n) is 3.09. The maximum Gasteiger partial charge on any atom is 0.307 e. The molecule has 0 radical (unpaired) electrons. The van der Waals surface area contributed by atoms with Gasteiger partial charge in [0.15, 0.2) is 0 Å². The van der Waals surface area contributed by atoms with Gasteiger partial charge in [-0.2, -0.15) is 0 Å². The summed E-state index contributed by atoms with van der Waals surface area (Å²) in [5.74, 6) is -0.403. The highest BCUT2D eigenvalue weighted by Gasteiger charge is 2.24. The Morgan fingerprint density at radius 2 is 1.90 bits per heavy atom. The summed E-state index contributed by atoms with van der Waals surface area (Å²) in [4.78, 5) is 11.4. The predicted molar refractivity (Wildman–Crippen MR) is 76.2 cm³/mol. The van der Waals surface area contributed by atoms with E-state index in [2.05, 4.69) is 10.1 Å². The van der Waals surface area contributed by atoms with E-state index in [9.17, 15) is 15.0 Å². The molecule has 5 heteroatoms. The van der Waals surface area contributed by atoms with Crippen molar-refractivity contribution in [1.29, 1.82) is 0 Å². The van der Waals surface area contributed by atoms with Gasteiger partial charge in [0.1, 0.15) is 0 Å². The molecule has 0 aliphatic rings. The lowest BCUT2D eigenvalue weighted by atomic mass is 9.98. The van der Waals surface area contributed by atoms with Gasteiger partial charge in [-0.15, -0.1) is 0 Å². The highest BCUT2D eigenvalue weighted by Crippen LogP contribution is 2.20. The Morgan fingerprint density at radius 3 is 2.40 bits per heavy atom. The summed E-state index contributed by atoms with van der Waals surface area (Å²) in [6.07, 6.45) is -1.35. The number of carbonyl (C=O) groups is 1. The molecular formula is C15H23NO4. The van der Waals surface area contributed by atoms with Gasteiger partial charge in [-0.25, -0.2) is 0 Å². The number of aliphatic hydroxyl groups is 2. The molecule has 0 aromatic heterocycles. The number of hydrogen-bond donors (Lipinski definition) is 3. The van der Waals surface area contributed by atoms with Crippen LogP contribution in [-0.4, -0.2) is 42.0 Å². The van der Waals surface area contributed by atoms with Gasteiger partial charge in [-0.1, -0.05) is 29.8 Å². The van der Waals surface area contributed by atoms with Crippen LogP contribution in [0.3, 0.4) is 0 Å². The number of esters is 1. The molecular weight excluding hydrogens is 258 g/mol. The van der Waals surface area contributed by atoms with E-state index in [0.717, 1.165) is 11.1 Å². The summed E-state index contributed by atoms with van der Waals surface area (Å²) in [6, 6.07) is 6.97. The molecule has 3 unspecified atom stereocenters. The van der Waals surface area contributed by atoms with Crippen LogP contribution in [0.15, 0.2) is 24.3 Å². The van der Waals surface area contributed by atoms with Crippen molar-refractivity contribution in [2.75, 3.05) is 13.7 Å². The fourth-order valence-electron chi connectivity index (χ4n) is 1.88. The van der Waals surface area contributed by atoms with E-state index in [1.807, 2.05) is 31.2 Å². The van der Waals surface area contributed by atoms with Gasteiger partial charge in [0.25, 0.3) is 0 Å². The number of rotatable bonds is 7. The molecule has 0 spiro atoms. The van der Waals surface area contributed by atoms with E-state index < -0.39 is 24.2 Å². The molecule has 1 rings (SSSR count). The van der Waals surface area contributed by atoms with E-state index in [4.69, 9.17) is 0 Å². The molecule has 0 heterocycles. The Hall–Kier alpha value is -1.43. The molecule has 0 aliphatic carbocycles. The molecule has 1 aromatic carbocycles. The second-order valence-electron chi connectivity index (χ2n) is 5.00. The van der Waals surface area contributed by atoms with E-state index in [0.29, 0.717) is 6.54 Å². The second-order valence-corrected chi connectivity index (χ2v) is 5.00. The molecule has 5 nitrogen and oxygen atoms in total. The minimum Gasteiger partial charge on any atom is -0.469 e. The highest BCUT2D eigenvalue weighted by molar-refractivity contribution is 5.70. The Labute approximate surface area is 119 Å². The van der Waals surface area contributed by atoms with Crippen LogP contribution < -0.4 is 5.32 Å². The number of carbonyl (C=O) groups excluding carboxylic acids is 1. The van der Waals surface area contributed by atoms with Gasteiger partial charge in [-0.05, 0) is 19.4 Å². The zero-order valence-electron chi connectivity index (χ0n) is 12.2. The third kappa shape index (κ3) is 5.28. The predicted octanol–water partition coefficient (Wildman–Crippen LogP) is 0.931. The van der Waals surface area contributed by atoms with Crippen molar-refractivity contribution in [3.05, 3.63) is 35.4 Å². The minimum atomic E-state index is -0.839. The van der Waals surface area contributed by atoms with Crippen LogP contribution >= 0.6 is 0 Å². The van der Waals surface area contributed by atoms with E-state index in [1.54, 1.807) is 6.92 Å². The lowest BCUT2D eigenvalue weighted by molar-refractivity contribution is -0.142. The van der Waals surface area contributed by atoms with Gasteiger partial charge in [0.05, 0.1) is 25.7 Å². The van der Waals surface area contributed by atoms with Crippen LogP contribution in [0.4, 0.5) is 0 Å². The van der Waals surface area contributed by atoms with Crippen molar-refractivity contribution in [1.82, 2.24) is 5.32 Å². The molecule has 3 N–H and O–H groups in total. The summed E-state index contributed by atoms with van der Waals surface area (Å²) >= 11 is 0. The van der Waals surface area contributed by atoms with Gasteiger partial charge in [0, 0.05) is 12.6 Å². The van der Waals surface area contributed by atoms with Crippen molar-refractivity contribution < 1.29 is 19.7 Å². The zero-order chi connectivity index (χ0) is 15.1. The summed E-state index contributed by atoms with van der Waals surface area (Å²) in [7, 11) is 1.31. The Kier molecular flexibility index (Phi) is 6.64. The first kappa shape index (κ1) is 16.6. The summed E-state index contributed by atoms with van der Waals surface area (Å²) in [5, 5.41) is 22.7. The van der Waals surface area contributed by atoms with Crippen molar-refractivity contribution in [3.63, 3.8) is 0 Å². The maximum atomic E-state index is 11.4. The van der Waals surface area contributed by atoms with Crippen LogP contribution in [0.2, 0.25) is 0 Å². The number of aryl methyl sites for hydroxylation is 1. The standard InChI is InChI=1S/C15H23NO4/c1-10-4-6-12(7-5-10)15(19)13(8-14(18)20-3)16-9-11(2)17/h4-7,11,13,15-17,19H,8-9H2,1-3H3. The first-order valence-electron chi connectivity index (χ1n) is 6.67. The normalized spacial score (nSPS) is 15.4. The zero-order valence-corrected chi connectivity index (χ0v) is 12.2. The van der Waals surface area contributed by atoms with Crippen LogP contribution in [0.5, 0.6) is 0 Å². The van der Waals surface area contributed by atoms with E-state index in [1.165, 1.54) is 7.11 Å². The first-order valence-corrected chi connectivity index (χ1v) is 6.67. The molecule has 112 valence electrons. The molecule has 0 aliphatic heterocycles. The monoisotopic (exact) mass is 281 g/mol. The SMILES string of the molecule is COC(=O)CC(NCC(C)O)C(O)c1ccc(C)cc1. The molecule has 0 saturated carbocycles. The van der Waals surface area contributed by atoms with Crippen molar-refractivity contribution >= 4 is 5.97 Å². The van der Waals surface area contributed by atoms with Crippen LogP contribution in [0.25, 0.3) is 0 Å². The smallest absolute Gasteiger partial charge is 0.307 e. The second kappa shape index (κ2) is 7.99. The van der Waals surface area contributed by atoms with Gasteiger partial charge >= 0.3 is 5.97 Å². The van der Waals surface area contributed by atoms with Crippen LogP contribution in [0.1, 0.15) is 30.6 Å². The fourth-order valence-corrected chi connectivity index (χ4v) is 1.88.